The van der Waals surface area contributed by atoms with Crippen molar-refractivity contribution in [2.45, 2.75) is 31.2 Å². The molecular weight excluding hydrogens is 236 g/mol. The van der Waals surface area contributed by atoms with E-state index in [9.17, 15) is 4.79 Å². The zero-order chi connectivity index (χ0) is 12.0. The minimum Gasteiger partial charge on any atom is -0.339 e. The van der Waals surface area contributed by atoms with E-state index in [-0.39, 0.29) is 5.54 Å². The zero-order valence-electron chi connectivity index (χ0n) is 9.77. The molecule has 90 valence electrons. The van der Waals surface area contributed by atoms with Crippen LogP contribution in [0.4, 0.5) is 0 Å². The molecule has 2 fully saturated rings. The van der Waals surface area contributed by atoms with Gasteiger partial charge in [-0.1, -0.05) is 18.5 Å². The van der Waals surface area contributed by atoms with Gasteiger partial charge in [-0.2, -0.15) is 0 Å². The molecule has 1 aromatic rings. The van der Waals surface area contributed by atoms with Crippen LogP contribution in [-0.2, 0) is 4.79 Å². The molecule has 1 saturated heterocycles. The Balaban J connectivity index is 1.93. The van der Waals surface area contributed by atoms with Gasteiger partial charge in [0, 0.05) is 30.4 Å². The molecule has 2 atom stereocenters. The van der Waals surface area contributed by atoms with E-state index in [4.69, 9.17) is 11.6 Å². The molecule has 3 rings (SSSR count). The van der Waals surface area contributed by atoms with Gasteiger partial charge in [-0.05, 0) is 30.4 Å². The fourth-order valence-electron chi connectivity index (χ4n) is 3.23. The van der Waals surface area contributed by atoms with Crippen LogP contribution in [0.3, 0.4) is 0 Å². The molecule has 0 bridgehead atoms. The number of carbonyl (C=O) groups is 1. The van der Waals surface area contributed by atoms with Crippen LogP contribution in [0.25, 0.3) is 0 Å². The van der Waals surface area contributed by atoms with E-state index in [1.54, 1.807) is 6.20 Å². The molecule has 1 spiro atoms. The van der Waals surface area contributed by atoms with Gasteiger partial charge in [-0.25, -0.2) is 0 Å². The Morgan fingerprint density at radius 1 is 1.53 bits per heavy atom. The van der Waals surface area contributed by atoms with Gasteiger partial charge in [-0.15, -0.1) is 0 Å². The second-order valence-electron chi connectivity index (χ2n) is 5.19. The Bertz CT molecular complexity index is 458. The molecule has 1 aromatic heterocycles. The molecule has 1 amide bonds. The van der Waals surface area contributed by atoms with E-state index in [0.29, 0.717) is 16.9 Å². The normalized spacial score (nSPS) is 29.6. The second-order valence-corrected chi connectivity index (χ2v) is 5.63. The Labute approximate surface area is 106 Å². The summed E-state index contributed by atoms with van der Waals surface area (Å²) in [5, 5.41) is 0.670. The van der Waals surface area contributed by atoms with Crippen molar-refractivity contribution >= 4 is 18.0 Å². The SMILES string of the molecule is C[C@@H]1C(c2cncc(Cl)c2)CN(C=O)C12CC2. The summed E-state index contributed by atoms with van der Waals surface area (Å²) >= 11 is 5.98. The molecule has 1 aliphatic carbocycles. The van der Waals surface area contributed by atoms with Crippen LogP contribution in [0.1, 0.15) is 31.2 Å². The molecule has 4 heteroatoms. The monoisotopic (exact) mass is 250 g/mol. The van der Waals surface area contributed by atoms with Gasteiger partial charge in [0.1, 0.15) is 0 Å². The first-order chi connectivity index (χ1) is 8.17. The van der Waals surface area contributed by atoms with Crippen molar-refractivity contribution in [2.24, 2.45) is 5.92 Å². The molecule has 1 unspecified atom stereocenters. The van der Waals surface area contributed by atoms with E-state index in [1.807, 2.05) is 17.2 Å². The highest BCUT2D eigenvalue weighted by atomic mass is 35.5. The van der Waals surface area contributed by atoms with Crippen molar-refractivity contribution < 1.29 is 4.79 Å². The number of hydrogen-bond acceptors (Lipinski definition) is 2. The minimum atomic E-state index is 0.134. The maximum absolute atomic E-state index is 11.1. The number of aromatic nitrogens is 1. The summed E-state index contributed by atoms with van der Waals surface area (Å²) in [6.45, 7) is 3.04. The van der Waals surface area contributed by atoms with Crippen LogP contribution < -0.4 is 0 Å². The third kappa shape index (κ3) is 1.56. The smallest absolute Gasteiger partial charge is 0.210 e. The summed E-state index contributed by atoms with van der Waals surface area (Å²) in [5.41, 5.74) is 1.29. The Hall–Kier alpha value is -1.09. The van der Waals surface area contributed by atoms with E-state index >= 15 is 0 Å². The number of pyridine rings is 1. The third-order valence-electron chi connectivity index (χ3n) is 4.46. The summed E-state index contributed by atoms with van der Waals surface area (Å²) < 4.78 is 0. The Morgan fingerprint density at radius 3 is 2.82 bits per heavy atom. The first kappa shape index (κ1) is 11.0. The molecule has 1 saturated carbocycles. The lowest BCUT2D eigenvalue weighted by molar-refractivity contribution is -0.119. The van der Waals surface area contributed by atoms with Crippen LogP contribution in [0, 0.1) is 5.92 Å². The Morgan fingerprint density at radius 2 is 2.29 bits per heavy atom. The molecule has 3 nitrogen and oxygen atoms in total. The van der Waals surface area contributed by atoms with E-state index in [0.717, 1.165) is 31.4 Å². The van der Waals surface area contributed by atoms with Crippen LogP contribution in [0.5, 0.6) is 0 Å². The summed E-state index contributed by atoms with van der Waals surface area (Å²) in [5.74, 6) is 0.863. The first-order valence-electron chi connectivity index (χ1n) is 6.00. The maximum Gasteiger partial charge on any atom is 0.210 e. The largest absolute Gasteiger partial charge is 0.339 e. The standard InChI is InChI=1S/C13H15ClN2O/c1-9-12(10-4-11(14)6-15-5-10)7-16(8-17)13(9)2-3-13/h4-6,8-9,12H,2-3,7H2,1H3/t9-,12?/m1/s1. The topological polar surface area (TPSA) is 33.2 Å². The summed E-state index contributed by atoms with van der Waals surface area (Å²) in [6, 6.07) is 1.97. The number of rotatable bonds is 2. The van der Waals surface area contributed by atoms with E-state index in [2.05, 4.69) is 11.9 Å². The highest BCUT2D eigenvalue weighted by Gasteiger charge is 2.59. The highest BCUT2D eigenvalue weighted by molar-refractivity contribution is 6.30. The summed E-state index contributed by atoms with van der Waals surface area (Å²) in [7, 11) is 0. The summed E-state index contributed by atoms with van der Waals surface area (Å²) in [4.78, 5) is 17.3. The van der Waals surface area contributed by atoms with Gasteiger partial charge in [0.2, 0.25) is 6.41 Å². The van der Waals surface area contributed by atoms with Crippen molar-refractivity contribution in [3.63, 3.8) is 0 Å². The van der Waals surface area contributed by atoms with Crippen molar-refractivity contribution in [2.75, 3.05) is 6.54 Å². The van der Waals surface area contributed by atoms with Gasteiger partial charge in [0.15, 0.2) is 0 Å². The van der Waals surface area contributed by atoms with Crippen molar-refractivity contribution in [1.29, 1.82) is 0 Å². The minimum absolute atomic E-state index is 0.134. The molecule has 0 radical (unpaired) electrons. The maximum atomic E-state index is 11.1. The predicted molar refractivity (Wildman–Crippen MR) is 65.9 cm³/mol. The lowest BCUT2D eigenvalue weighted by Gasteiger charge is -2.22. The predicted octanol–water partition coefficient (Wildman–Crippen LogP) is 2.46. The fraction of sp³-hybridized carbons (Fsp3) is 0.538. The average Bonchev–Trinajstić information content (AvgIpc) is 3.05. The molecule has 1 aliphatic heterocycles. The van der Waals surface area contributed by atoms with Crippen molar-refractivity contribution in [1.82, 2.24) is 9.88 Å². The van der Waals surface area contributed by atoms with Crippen LogP contribution in [0.15, 0.2) is 18.5 Å². The van der Waals surface area contributed by atoms with E-state index in [1.165, 1.54) is 0 Å². The summed E-state index contributed by atoms with van der Waals surface area (Å²) in [6.07, 6.45) is 6.79. The number of carbonyl (C=O) groups excluding carboxylic acids is 1. The van der Waals surface area contributed by atoms with Gasteiger partial charge < -0.3 is 4.90 Å². The number of amides is 1. The van der Waals surface area contributed by atoms with Crippen LogP contribution >= 0.6 is 11.6 Å². The lowest BCUT2D eigenvalue weighted by Crippen LogP contribution is -2.32. The van der Waals surface area contributed by atoms with E-state index < -0.39 is 0 Å². The highest BCUT2D eigenvalue weighted by Crippen LogP contribution is 2.56. The number of hydrogen-bond donors (Lipinski definition) is 0. The van der Waals surface area contributed by atoms with Gasteiger partial charge >= 0.3 is 0 Å². The van der Waals surface area contributed by atoms with Gasteiger partial charge in [-0.3, -0.25) is 9.78 Å². The molecular formula is C13H15ClN2O. The average molecular weight is 251 g/mol. The van der Waals surface area contributed by atoms with Gasteiger partial charge in [0.05, 0.1) is 5.02 Å². The number of halogens is 1. The van der Waals surface area contributed by atoms with Gasteiger partial charge in [0.25, 0.3) is 0 Å². The quantitative estimate of drug-likeness (QED) is 0.756. The molecule has 2 aliphatic rings. The number of nitrogens with zero attached hydrogens (tertiary/aromatic N) is 2. The second kappa shape index (κ2) is 3.70. The van der Waals surface area contributed by atoms with Crippen LogP contribution in [0.2, 0.25) is 5.02 Å². The zero-order valence-corrected chi connectivity index (χ0v) is 10.5. The number of likely N-dealkylation sites (tertiary alicyclic amines) is 1. The van der Waals surface area contributed by atoms with Crippen molar-refractivity contribution in [3.8, 4) is 0 Å². The third-order valence-corrected chi connectivity index (χ3v) is 4.67. The fourth-order valence-corrected chi connectivity index (χ4v) is 3.41. The van der Waals surface area contributed by atoms with Crippen molar-refractivity contribution in [3.05, 3.63) is 29.0 Å². The molecule has 17 heavy (non-hydrogen) atoms. The first-order valence-corrected chi connectivity index (χ1v) is 6.38. The Kier molecular flexibility index (Phi) is 2.40. The molecule has 0 aromatic carbocycles. The lowest BCUT2D eigenvalue weighted by atomic mass is 9.86. The molecule has 0 N–H and O–H groups in total. The van der Waals surface area contributed by atoms with Crippen LogP contribution in [-0.4, -0.2) is 28.4 Å². The molecule has 2 heterocycles.